The lowest BCUT2D eigenvalue weighted by molar-refractivity contribution is -0.191. The molecule has 0 saturated heterocycles. The summed E-state index contributed by atoms with van der Waals surface area (Å²) in [4.78, 5) is 20.5. The first kappa shape index (κ1) is 23.6. The molecule has 0 aliphatic rings. The maximum atomic E-state index is 8.12. The minimum atomic E-state index is 0.250. The molecule has 0 aliphatic heterocycles. The molecule has 0 aromatic carbocycles. The Balaban J connectivity index is 0.00000178. The predicted octanol–water partition coefficient (Wildman–Crippen LogP) is 6.34. The molecular weight excluding hydrogens is 312 g/mol. The zero-order valence-electron chi connectivity index (χ0n) is 16.4. The van der Waals surface area contributed by atoms with Crippen LogP contribution in [0.15, 0.2) is 18.7 Å². The maximum absolute atomic E-state index is 8.12. The van der Waals surface area contributed by atoms with Gasteiger partial charge in [0, 0.05) is 18.4 Å². The van der Waals surface area contributed by atoms with Crippen LogP contribution < -0.4 is 0 Å². The summed E-state index contributed by atoms with van der Waals surface area (Å²) in [6.07, 6.45) is 25.8. The van der Waals surface area contributed by atoms with Crippen LogP contribution in [0, 0.1) is 0 Å². The van der Waals surface area contributed by atoms with Crippen molar-refractivity contribution in [2.45, 2.75) is 110 Å². The zero-order chi connectivity index (χ0) is 18.6. The molecule has 0 saturated carbocycles. The molecule has 1 atom stereocenters. The molecule has 0 radical (unpaired) electrons. The number of carbonyl (C=O) groups excluding carboxylic acids is 2. The number of unbranched alkanes of at least 4 members (excludes halogenated alkanes) is 10. The standard InChI is InChI=1S/C20H38N2.CO2/c1-3-5-7-8-9-10-11-12-13-14-16-20(15-6-4-2)22-18-17-21-19-22;2-1-3/h17-20H,3-16H2,1-2H3;. The van der Waals surface area contributed by atoms with E-state index in [1.807, 2.05) is 12.5 Å². The largest absolute Gasteiger partial charge is 0.373 e. The molecule has 1 rings (SSSR count). The minimum absolute atomic E-state index is 0.250. The van der Waals surface area contributed by atoms with Gasteiger partial charge in [-0.05, 0) is 12.8 Å². The van der Waals surface area contributed by atoms with Gasteiger partial charge in [-0.15, -0.1) is 0 Å². The number of aromatic nitrogens is 2. The summed E-state index contributed by atoms with van der Waals surface area (Å²) in [6, 6.07) is 0.677. The Morgan fingerprint density at radius 2 is 1.28 bits per heavy atom. The molecule has 4 heteroatoms. The lowest BCUT2D eigenvalue weighted by Crippen LogP contribution is -2.07. The molecule has 1 heterocycles. The van der Waals surface area contributed by atoms with Crippen molar-refractivity contribution in [1.82, 2.24) is 9.55 Å². The summed E-state index contributed by atoms with van der Waals surface area (Å²) in [5.41, 5.74) is 0. The fourth-order valence-corrected chi connectivity index (χ4v) is 3.24. The van der Waals surface area contributed by atoms with Gasteiger partial charge in [0.25, 0.3) is 0 Å². The lowest BCUT2D eigenvalue weighted by atomic mass is 10.0. The Bertz CT molecular complexity index is 398. The topological polar surface area (TPSA) is 52.0 Å². The van der Waals surface area contributed by atoms with Crippen LogP contribution in [0.2, 0.25) is 0 Å². The highest BCUT2D eigenvalue weighted by atomic mass is 16.2. The van der Waals surface area contributed by atoms with E-state index < -0.39 is 0 Å². The van der Waals surface area contributed by atoms with Crippen LogP contribution in [0.25, 0.3) is 0 Å². The van der Waals surface area contributed by atoms with Crippen LogP contribution >= 0.6 is 0 Å². The Kier molecular flexibility index (Phi) is 17.9. The second-order valence-corrected chi connectivity index (χ2v) is 6.86. The highest BCUT2D eigenvalue weighted by Gasteiger charge is 2.09. The Morgan fingerprint density at radius 1 is 0.800 bits per heavy atom. The Morgan fingerprint density at radius 3 is 1.76 bits per heavy atom. The molecule has 0 amide bonds. The van der Waals surface area contributed by atoms with Gasteiger partial charge in [-0.1, -0.05) is 90.9 Å². The molecule has 25 heavy (non-hydrogen) atoms. The van der Waals surface area contributed by atoms with Gasteiger partial charge in [0.1, 0.15) is 0 Å². The molecule has 0 aliphatic carbocycles. The minimum Gasteiger partial charge on any atom is -0.334 e. The third-order valence-electron chi connectivity index (χ3n) is 4.73. The monoisotopic (exact) mass is 350 g/mol. The van der Waals surface area contributed by atoms with Gasteiger partial charge in [-0.3, -0.25) is 0 Å². The third kappa shape index (κ3) is 14.6. The summed E-state index contributed by atoms with van der Waals surface area (Å²) in [5, 5.41) is 0. The second-order valence-electron chi connectivity index (χ2n) is 6.86. The average Bonchev–Trinajstić information content (AvgIpc) is 3.14. The van der Waals surface area contributed by atoms with E-state index >= 15 is 0 Å². The lowest BCUT2D eigenvalue weighted by Gasteiger charge is -2.18. The van der Waals surface area contributed by atoms with Crippen molar-refractivity contribution in [3.8, 4) is 0 Å². The normalized spacial score (nSPS) is 11.4. The summed E-state index contributed by atoms with van der Waals surface area (Å²) >= 11 is 0. The van der Waals surface area contributed by atoms with Crippen molar-refractivity contribution in [3.05, 3.63) is 18.7 Å². The number of rotatable bonds is 15. The van der Waals surface area contributed by atoms with E-state index in [0.29, 0.717) is 6.04 Å². The average molecular weight is 351 g/mol. The van der Waals surface area contributed by atoms with E-state index in [1.165, 1.54) is 89.9 Å². The molecular formula is C21H38N2O2. The fourth-order valence-electron chi connectivity index (χ4n) is 3.24. The van der Waals surface area contributed by atoms with Gasteiger partial charge in [0.2, 0.25) is 0 Å². The van der Waals surface area contributed by atoms with Crippen molar-refractivity contribution in [2.24, 2.45) is 0 Å². The molecule has 0 bridgehead atoms. The molecule has 1 aromatic heterocycles. The van der Waals surface area contributed by atoms with Crippen LogP contribution in [0.4, 0.5) is 0 Å². The summed E-state index contributed by atoms with van der Waals surface area (Å²) in [6.45, 7) is 4.57. The number of hydrogen-bond acceptors (Lipinski definition) is 3. The Hall–Kier alpha value is -1.41. The first-order valence-electron chi connectivity index (χ1n) is 10.3. The van der Waals surface area contributed by atoms with Crippen molar-refractivity contribution < 1.29 is 9.59 Å². The van der Waals surface area contributed by atoms with E-state index in [1.54, 1.807) is 0 Å². The van der Waals surface area contributed by atoms with E-state index in [2.05, 4.69) is 29.6 Å². The van der Waals surface area contributed by atoms with E-state index in [0.717, 1.165) is 0 Å². The number of hydrogen-bond donors (Lipinski definition) is 0. The summed E-state index contributed by atoms with van der Waals surface area (Å²) < 4.78 is 2.32. The highest BCUT2D eigenvalue weighted by molar-refractivity contribution is 5.20. The first-order chi connectivity index (χ1) is 12.3. The van der Waals surface area contributed by atoms with Crippen LogP contribution in [0.1, 0.15) is 110 Å². The van der Waals surface area contributed by atoms with E-state index in [4.69, 9.17) is 9.59 Å². The van der Waals surface area contributed by atoms with E-state index in [-0.39, 0.29) is 6.15 Å². The summed E-state index contributed by atoms with van der Waals surface area (Å²) in [5.74, 6) is 0. The first-order valence-corrected chi connectivity index (χ1v) is 10.3. The second kappa shape index (κ2) is 18.9. The highest BCUT2D eigenvalue weighted by Crippen LogP contribution is 2.22. The smallest absolute Gasteiger partial charge is 0.334 e. The fraction of sp³-hybridized carbons (Fsp3) is 0.810. The van der Waals surface area contributed by atoms with Gasteiger partial charge in [-0.25, -0.2) is 4.98 Å². The van der Waals surface area contributed by atoms with Crippen molar-refractivity contribution in [2.75, 3.05) is 0 Å². The van der Waals surface area contributed by atoms with Crippen molar-refractivity contribution in [3.63, 3.8) is 0 Å². The predicted molar refractivity (Wildman–Crippen MR) is 102 cm³/mol. The quantitative estimate of drug-likeness (QED) is 0.347. The third-order valence-corrected chi connectivity index (χ3v) is 4.73. The Labute approximate surface area is 154 Å². The molecule has 0 fully saturated rings. The molecule has 1 unspecified atom stereocenters. The van der Waals surface area contributed by atoms with E-state index in [9.17, 15) is 0 Å². The van der Waals surface area contributed by atoms with Gasteiger partial charge < -0.3 is 4.57 Å². The van der Waals surface area contributed by atoms with Gasteiger partial charge in [0.05, 0.1) is 6.33 Å². The van der Waals surface area contributed by atoms with Crippen LogP contribution in [0.3, 0.4) is 0 Å². The maximum Gasteiger partial charge on any atom is 0.373 e. The van der Waals surface area contributed by atoms with Crippen LogP contribution in [-0.2, 0) is 9.59 Å². The van der Waals surface area contributed by atoms with Gasteiger partial charge in [-0.2, -0.15) is 9.59 Å². The molecule has 1 aromatic rings. The van der Waals surface area contributed by atoms with Crippen LogP contribution in [0.5, 0.6) is 0 Å². The molecule has 0 spiro atoms. The van der Waals surface area contributed by atoms with Gasteiger partial charge in [0.15, 0.2) is 0 Å². The molecule has 144 valence electrons. The molecule has 0 N–H and O–H groups in total. The SMILES string of the molecule is CCCCCCCCCCCCC(CCCC)n1ccnc1.O=C=O. The zero-order valence-corrected chi connectivity index (χ0v) is 16.4. The summed E-state index contributed by atoms with van der Waals surface area (Å²) in [7, 11) is 0. The molecule has 4 nitrogen and oxygen atoms in total. The number of nitrogens with zero attached hydrogens (tertiary/aromatic N) is 2. The van der Waals surface area contributed by atoms with Gasteiger partial charge >= 0.3 is 6.15 Å². The van der Waals surface area contributed by atoms with Crippen molar-refractivity contribution in [1.29, 1.82) is 0 Å². The van der Waals surface area contributed by atoms with Crippen LogP contribution in [-0.4, -0.2) is 15.7 Å². The van der Waals surface area contributed by atoms with Crippen molar-refractivity contribution >= 4 is 6.15 Å². The number of imidazole rings is 1.